The standard InChI is InChI=1S/C16H19NO3/c18-14-9-12-8-11(6-7-13(12)17-14)15(16(19)20)10-4-2-1-3-5-10/h6-8,10,15H,1-5,9H2,(H,17,18)(H,19,20). The number of carbonyl (C=O) groups is 2. The summed E-state index contributed by atoms with van der Waals surface area (Å²) in [6.07, 6.45) is 5.81. The fourth-order valence-electron chi connectivity index (χ4n) is 3.53. The van der Waals surface area contributed by atoms with Crippen molar-refractivity contribution < 1.29 is 14.7 Å². The van der Waals surface area contributed by atoms with E-state index >= 15 is 0 Å². The van der Waals surface area contributed by atoms with Crippen LogP contribution in [0.3, 0.4) is 0 Å². The van der Waals surface area contributed by atoms with Crippen molar-refractivity contribution in [2.75, 3.05) is 5.32 Å². The summed E-state index contributed by atoms with van der Waals surface area (Å²) in [6.45, 7) is 0. The van der Waals surface area contributed by atoms with Crippen LogP contribution in [0, 0.1) is 5.92 Å². The summed E-state index contributed by atoms with van der Waals surface area (Å²) in [6, 6.07) is 5.60. The molecular weight excluding hydrogens is 254 g/mol. The molecule has 106 valence electrons. The molecule has 2 N–H and O–H groups in total. The molecule has 1 heterocycles. The van der Waals surface area contributed by atoms with Crippen molar-refractivity contribution in [2.24, 2.45) is 5.92 Å². The predicted molar refractivity (Wildman–Crippen MR) is 75.7 cm³/mol. The highest BCUT2D eigenvalue weighted by molar-refractivity contribution is 5.99. The fourth-order valence-corrected chi connectivity index (χ4v) is 3.53. The monoisotopic (exact) mass is 273 g/mol. The van der Waals surface area contributed by atoms with Gasteiger partial charge in [-0.1, -0.05) is 31.4 Å². The minimum absolute atomic E-state index is 0.0123. The van der Waals surface area contributed by atoms with Crippen molar-refractivity contribution in [3.05, 3.63) is 29.3 Å². The first kappa shape index (κ1) is 13.2. The number of rotatable bonds is 3. The first-order chi connectivity index (χ1) is 9.65. The number of carboxylic acid groups (broad SMARTS) is 1. The van der Waals surface area contributed by atoms with Gasteiger partial charge in [0.1, 0.15) is 0 Å². The van der Waals surface area contributed by atoms with E-state index in [-0.39, 0.29) is 11.8 Å². The summed E-state index contributed by atoms with van der Waals surface area (Å²) in [5, 5.41) is 12.4. The van der Waals surface area contributed by atoms with Crippen molar-refractivity contribution in [1.82, 2.24) is 0 Å². The number of carboxylic acids is 1. The lowest BCUT2D eigenvalue weighted by molar-refractivity contribution is -0.140. The second-order valence-corrected chi connectivity index (χ2v) is 5.86. The van der Waals surface area contributed by atoms with Gasteiger partial charge >= 0.3 is 5.97 Å². The average Bonchev–Trinajstić information content (AvgIpc) is 2.79. The zero-order valence-electron chi connectivity index (χ0n) is 11.4. The van der Waals surface area contributed by atoms with E-state index in [1.54, 1.807) is 0 Å². The van der Waals surface area contributed by atoms with Gasteiger partial charge in [0.15, 0.2) is 0 Å². The maximum absolute atomic E-state index is 11.7. The maximum Gasteiger partial charge on any atom is 0.311 e. The molecule has 1 saturated carbocycles. The van der Waals surface area contributed by atoms with Gasteiger partial charge in [0.05, 0.1) is 12.3 Å². The number of fused-ring (bicyclic) bond motifs is 1. The largest absolute Gasteiger partial charge is 0.481 e. The van der Waals surface area contributed by atoms with E-state index in [0.29, 0.717) is 6.42 Å². The molecule has 1 fully saturated rings. The number of hydrogen-bond donors (Lipinski definition) is 2. The number of nitrogens with one attached hydrogen (secondary N) is 1. The number of hydrogen-bond acceptors (Lipinski definition) is 2. The SMILES string of the molecule is O=C1Cc2cc(C(C(=O)O)C3CCCCC3)ccc2N1. The minimum Gasteiger partial charge on any atom is -0.481 e. The molecule has 2 aliphatic rings. The lowest BCUT2D eigenvalue weighted by atomic mass is 9.76. The Morgan fingerprint density at radius 2 is 2.00 bits per heavy atom. The summed E-state index contributed by atoms with van der Waals surface area (Å²) in [4.78, 5) is 23.1. The van der Waals surface area contributed by atoms with Crippen LogP contribution in [0.15, 0.2) is 18.2 Å². The average molecular weight is 273 g/mol. The lowest BCUT2D eigenvalue weighted by Crippen LogP contribution is -2.23. The Bertz CT molecular complexity index is 547. The predicted octanol–water partition coefficient (Wildman–Crippen LogP) is 2.93. The molecule has 0 radical (unpaired) electrons. The van der Waals surface area contributed by atoms with Gasteiger partial charge in [0, 0.05) is 5.69 Å². The highest BCUT2D eigenvalue weighted by atomic mass is 16.4. The van der Waals surface area contributed by atoms with Crippen LogP contribution in [-0.4, -0.2) is 17.0 Å². The lowest BCUT2D eigenvalue weighted by Gasteiger charge is -2.28. The molecule has 1 atom stereocenters. The van der Waals surface area contributed by atoms with Crippen LogP contribution in [0.2, 0.25) is 0 Å². The van der Waals surface area contributed by atoms with Crippen molar-refractivity contribution in [3.8, 4) is 0 Å². The van der Waals surface area contributed by atoms with Crippen molar-refractivity contribution in [2.45, 2.75) is 44.4 Å². The molecular formula is C16H19NO3. The van der Waals surface area contributed by atoms with Crippen LogP contribution in [0.25, 0.3) is 0 Å². The molecule has 0 aromatic heterocycles. The Morgan fingerprint density at radius 3 is 2.70 bits per heavy atom. The van der Waals surface area contributed by atoms with Gasteiger partial charge in [-0.2, -0.15) is 0 Å². The van der Waals surface area contributed by atoms with E-state index in [2.05, 4.69) is 5.32 Å². The summed E-state index contributed by atoms with van der Waals surface area (Å²) in [5.41, 5.74) is 2.60. The molecule has 1 aliphatic carbocycles. The zero-order chi connectivity index (χ0) is 14.1. The Morgan fingerprint density at radius 1 is 1.25 bits per heavy atom. The molecule has 1 aromatic rings. The van der Waals surface area contributed by atoms with E-state index in [0.717, 1.165) is 42.5 Å². The van der Waals surface area contributed by atoms with E-state index in [4.69, 9.17) is 0 Å². The maximum atomic E-state index is 11.7. The van der Waals surface area contributed by atoms with Crippen LogP contribution < -0.4 is 5.32 Å². The second kappa shape index (κ2) is 5.27. The minimum atomic E-state index is -0.742. The number of carbonyl (C=O) groups excluding carboxylic acids is 1. The molecule has 1 amide bonds. The fraction of sp³-hybridized carbons (Fsp3) is 0.500. The normalized spacial score (nSPS) is 20.3. The summed E-state index contributed by atoms with van der Waals surface area (Å²) in [7, 11) is 0. The highest BCUT2D eigenvalue weighted by Gasteiger charge is 2.31. The van der Waals surface area contributed by atoms with Gasteiger partial charge in [-0.3, -0.25) is 9.59 Å². The number of anilines is 1. The Kier molecular flexibility index (Phi) is 3.47. The first-order valence-electron chi connectivity index (χ1n) is 7.30. The summed E-state index contributed by atoms with van der Waals surface area (Å²) < 4.78 is 0. The second-order valence-electron chi connectivity index (χ2n) is 5.86. The summed E-state index contributed by atoms with van der Waals surface area (Å²) >= 11 is 0. The molecule has 20 heavy (non-hydrogen) atoms. The first-order valence-corrected chi connectivity index (χ1v) is 7.30. The van der Waals surface area contributed by atoms with Crippen LogP contribution in [0.5, 0.6) is 0 Å². The quantitative estimate of drug-likeness (QED) is 0.889. The number of amides is 1. The molecule has 4 nitrogen and oxygen atoms in total. The third-order valence-corrected chi connectivity index (χ3v) is 4.50. The van der Waals surface area contributed by atoms with Gasteiger partial charge in [-0.15, -0.1) is 0 Å². The van der Waals surface area contributed by atoms with E-state index in [1.165, 1.54) is 6.42 Å². The van der Waals surface area contributed by atoms with E-state index in [9.17, 15) is 14.7 Å². The van der Waals surface area contributed by atoms with Gasteiger partial charge in [-0.05, 0) is 36.0 Å². The van der Waals surface area contributed by atoms with Gasteiger partial charge < -0.3 is 10.4 Å². The van der Waals surface area contributed by atoms with Crippen molar-refractivity contribution in [1.29, 1.82) is 0 Å². The smallest absolute Gasteiger partial charge is 0.311 e. The molecule has 3 rings (SSSR count). The van der Waals surface area contributed by atoms with Crippen LogP contribution >= 0.6 is 0 Å². The molecule has 0 bridgehead atoms. The Hall–Kier alpha value is -1.84. The van der Waals surface area contributed by atoms with Crippen LogP contribution in [-0.2, 0) is 16.0 Å². The van der Waals surface area contributed by atoms with Gasteiger partial charge in [0.25, 0.3) is 0 Å². The third-order valence-electron chi connectivity index (χ3n) is 4.50. The number of aliphatic carboxylic acids is 1. The van der Waals surface area contributed by atoms with Crippen LogP contribution in [0.4, 0.5) is 5.69 Å². The van der Waals surface area contributed by atoms with Gasteiger partial charge in [-0.25, -0.2) is 0 Å². The van der Waals surface area contributed by atoms with Crippen molar-refractivity contribution >= 4 is 17.6 Å². The topological polar surface area (TPSA) is 66.4 Å². The molecule has 1 aliphatic heterocycles. The summed E-state index contributed by atoms with van der Waals surface area (Å²) in [5.74, 6) is -0.962. The Balaban J connectivity index is 1.90. The molecule has 0 saturated heterocycles. The van der Waals surface area contributed by atoms with E-state index < -0.39 is 11.9 Å². The molecule has 1 unspecified atom stereocenters. The molecule has 4 heteroatoms. The third kappa shape index (κ3) is 2.42. The zero-order valence-corrected chi connectivity index (χ0v) is 11.4. The van der Waals surface area contributed by atoms with Crippen LogP contribution in [0.1, 0.15) is 49.1 Å². The molecule has 1 aromatic carbocycles. The molecule has 0 spiro atoms. The highest BCUT2D eigenvalue weighted by Crippen LogP contribution is 2.38. The van der Waals surface area contributed by atoms with E-state index in [1.807, 2.05) is 18.2 Å². The van der Waals surface area contributed by atoms with Gasteiger partial charge in [0.2, 0.25) is 5.91 Å². The number of benzene rings is 1. The Labute approximate surface area is 118 Å². The van der Waals surface area contributed by atoms with Crippen molar-refractivity contribution in [3.63, 3.8) is 0 Å².